The quantitative estimate of drug-likeness (QED) is 0.794. The Morgan fingerprint density at radius 3 is 2.75 bits per heavy atom. The van der Waals surface area contributed by atoms with Crippen LogP contribution in [0.5, 0.6) is 0 Å². The molecule has 20 heavy (non-hydrogen) atoms. The fourth-order valence-electron chi connectivity index (χ4n) is 1.79. The van der Waals surface area contributed by atoms with Gasteiger partial charge in [0.2, 0.25) is 0 Å². The Morgan fingerprint density at radius 1 is 1.30 bits per heavy atom. The molecule has 1 aromatic heterocycles. The van der Waals surface area contributed by atoms with Gasteiger partial charge < -0.3 is 10.3 Å². The number of hydrogen-bond donors (Lipinski definition) is 3. The fourth-order valence-corrected chi connectivity index (χ4v) is 3.10. The topological polar surface area (TPSA) is 74.0 Å². The predicted molar refractivity (Wildman–Crippen MR) is 80.6 cm³/mol. The Bertz CT molecular complexity index is 710. The van der Waals surface area contributed by atoms with Crippen molar-refractivity contribution in [1.82, 2.24) is 10.3 Å². The van der Waals surface area contributed by atoms with Crippen molar-refractivity contribution in [3.63, 3.8) is 0 Å². The minimum atomic E-state index is -3.64. The zero-order chi connectivity index (χ0) is 14.8. The molecule has 2 aromatic rings. The van der Waals surface area contributed by atoms with E-state index < -0.39 is 10.0 Å². The largest absolute Gasteiger partial charge is 0.363 e. The van der Waals surface area contributed by atoms with Crippen molar-refractivity contribution in [3.05, 3.63) is 46.7 Å². The molecule has 1 heterocycles. The van der Waals surface area contributed by atoms with Gasteiger partial charge in [-0.15, -0.1) is 0 Å². The highest BCUT2D eigenvalue weighted by molar-refractivity contribution is 7.92. The highest BCUT2D eigenvalue weighted by atomic mass is 35.5. The highest BCUT2D eigenvalue weighted by Crippen LogP contribution is 2.25. The fraction of sp³-hybridized carbons (Fsp3) is 0.231. The molecule has 108 valence electrons. The molecule has 0 bridgehead atoms. The van der Waals surface area contributed by atoms with E-state index in [1.807, 2.05) is 13.0 Å². The van der Waals surface area contributed by atoms with Crippen LogP contribution in [0.4, 0.5) is 5.69 Å². The smallest absolute Gasteiger partial charge is 0.263 e. The number of halogens is 1. The van der Waals surface area contributed by atoms with Crippen LogP contribution in [0.3, 0.4) is 0 Å². The molecule has 0 atom stereocenters. The number of aromatic nitrogens is 1. The molecule has 0 saturated heterocycles. The van der Waals surface area contributed by atoms with Crippen LogP contribution in [0.25, 0.3) is 0 Å². The molecule has 0 aliphatic heterocycles. The number of rotatable bonds is 5. The lowest BCUT2D eigenvalue weighted by Gasteiger charge is -2.09. The van der Waals surface area contributed by atoms with Crippen LogP contribution in [0.2, 0.25) is 5.02 Å². The van der Waals surface area contributed by atoms with Crippen molar-refractivity contribution in [2.75, 3.05) is 11.8 Å². The van der Waals surface area contributed by atoms with Crippen LogP contribution < -0.4 is 10.0 Å². The minimum Gasteiger partial charge on any atom is -0.363 e. The van der Waals surface area contributed by atoms with Gasteiger partial charge in [0.1, 0.15) is 4.90 Å². The van der Waals surface area contributed by atoms with E-state index in [2.05, 4.69) is 15.0 Å². The van der Waals surface area contributed by atoms with E-state index >= 15 is 0 Å². The zero-order valence-electron chi connectivity index (χ0n) is 11.2. The summed E-state index contributed by atoms with van der Waals surface area (Å²) in [6.45, 7) is 2.44. The first kappa shape index (κ1) is 14.9. The number of sulfonamides is 1. The lowest BCUT2D eigenvalue weighted by molar-refractivity contribution is 0.601. The van der Waals surface area contributed by atoms with E-state index in [1.54, 1.807) is 25.2 Å². The van der Waals surface area contributed by atoms with Gasteiger partial charge in [0, 0.05) is 18.4 Å². The van der Waals surface area contributed by atoms with Crippen molar-refractivity contribution in [2.24, 2.45) is 0 Å². The number of nitrogens with one attached hydrogen (secondary N) is 3. The van der Waals surface area contributed by atoms with E-state index in [1.165, 1.54) is 6.20 Å². The van der Waals surface area contributed by atoms with E-state index in [9.17, 15) is 8.42 Å². The Labute approximate surface area is 123 Å². The van der Waals surface area contributed by atoms with Gasteiger partial charge in [-0.1, -0.05) is 17.7 Å². The molecule has 0 aliphatic rings. The monoisotopic (exact) mass is 313 g/mol. The van der Waals surface area contributed by atoms with E-state index in [4.69, 9.17) is 11.6 Å². The lowest BCUT2D eigenvalue weighted by Crippen LogP contribution is -2.12. The summed E-state index contributed by atoms with van der Waals surface area (Å²) in [7, 11) is -1.85. The van der Waals surface area contributed by atoms with Crippen molar-refractivity contribution in [2.45, 2.75) is 18.4 Å². The molecular formula is C13H16ClN3O2S. The number of aromatic amines is 1. The molecule has 0 saturated carbocycles. The Kier molecular flexibility index (Phi) is 4.37. The first-order valence-electron chi connectivity index (χ1n) is 6.03. The van der Waals surface area contributed by atoms with Crippen molar-refractivity contribution < 1.29 is 8.42 Å². The normalized spacial score (nSPS) is 11.6. The molecule has 0 fully saturated rings. The van der Waals surface area contributed by atoms with Gasteiger partial charge in [0.15, 0.2) is 0 Å². The van der Waals surface area contributed by atoms with Gasteiger partial charge in [-0.25, -0.2) is 8.42 Å². The Balaban J connectivity index is 2.28. The van der Waals surface area contributed by atoms with E-state index in [0.717, 1.165) is 11.3 Å². The molecule has 0 aliphatic carbocycles. The van der Waals surface area contributed by atoms with Gasteiger partial charge in [0.25, 0.3) is 10.0 Å². The van der Waals surface area contributed by atoms with E-state index in [0.29, 0.717) is 17.3 Å². The van der Waals surface area contributed by atoms with Crippen molar-refractivity contribution >= 4 is 27.3 Å². The third-order valence-electron chi connectivity index (χ3n) is 2.76. The molecule has 1 aromatic carbocycles. The van der Waals surface area contributed by atoms with Crippen LogP contribution >= 0.6 is 11.6 Å². The second-order valence-electron chi connectivity index (χ2n) is 4.48. The van der Waals surface area contributed by atoms with Crippen molar-refractivity contribution in [3.8, 4) is 0 Å². The maximum Gasteiger partial charge on any atom is 0.263 e. The molecular weight excluding hydrogens is 298 g/mol. The summed E-state index contributed by atoms with van der Waals surface area (Å²) in [4.78, 5) is 3.09. The average Bonchev–Trinajstić information content (AvgIpc) is 2.83. The average molecular weight is 314 g/mol. The van der Waals surface area contributed by atoms with Crippen LogP contribution in [-0.4, -0.2) is 20.4 Å². The number of benzene rings is 1. The second-order valence-corrected chi connectivity index (χ2v) is 6.57. The number of anilines is 1. The van der Waals surface area contributed by atoms with Gasteiger partial charge in [0.05, 0.1) is 10.7 Å². The summed E-state index contributed by atoms with van der Waals surface area (Å²) in [5.74, 6) is 0. The first-order valence-corrected chi connectivity index (χ1v) is 7.89. The predicted octanol–water partition coefficient (Wildman–Crippen LogP) is 2.50. The zero-order valence-corrected chi connectivity index (χ0v) is 12.8. The Morgan fingerprint density at radius 2 is 2.05 bits per heavy atom. The number of hydrogen-bond acceptors (Lipinski definition) is 3. The Hall–Kier alpha value is -1.50. The minimum absolute atomic E-state index is 0.181. The summed E-state index contributed by atoms with van der Waals surface area (Å²) in [6, 6.07) is 6.77. The maximum atomic E-state index is 12.3. The third-order valence-corrected chi connectivity index (χ3v) is 4.43. The second kappa shape index (κ2) is 5.87. The van der Waals surface area contributed by atoms with E-state index in [-0.39, 0.29) is 4.90 Å². The molecule has 2 rings (SSSR count). The van der Waals surface area contributed by atoms with Crippen LogP contribution in [0.1, 0.15) is 11.3 Å². The van der Waals surface area contributed by atoms with Crippen molar-refractivity contribution in [1.29, 1.82) is 0 Å². The molecule has 7 heteroatoms. The molecule has 5 nitrogen and oxygen atoms in total. The van der Waals surface area contributed by atoms with Crippen LogP contribution in [0.15, 0.2) is 35.4 Å². The van der Waals surface area contributed by atoms with Gasteiger partial charge >= 0.3 is 0 Å². The highest BCUT2D eigenvalue weighted by Gasteiger charge is 2.17. The molecule has 0 radical (unpaired) electrons. The lowest BCUT2D eigenvalue weighted by atomic mass is 10.2. The summed E-state index contributed by atoms with van der Waals surface area (Å²) >= 11 is 6.00. The molecule has 3 N–H and O–H groups in total. The third kappa shape index (κ3) is 3.33. The maximum absolute atomic E-state index is 12.3. The van der Waals surface area contributed by atoms with Crippen LogP contribution in [-0.2, 0) is 16.6 Å². The van der Waals surface area contributed by atoms with Gasteiger partial charge in [-0.3, -0.25) is 4.72 Å². The summed E-state index contributed by atoms with van der Waals surface area (Å²) in [5.41, 5.74) is 2.10. The summed E-state index contributed by atoms with van der Waals surface area (Å²) in [6.07, 6.45) is 1.46. The standard InChI is InChI=1S/C13H16ClN3O2S/c1-9-3-4-12(14)13(5-9)17-20(18,19)11-6-10(7-15-2)16-8-11/h3-6,8,15-17H,7H2,1-2H3. The van der Waals surface area contributed by atoms with Gasteiger partial charge in [-0.2, -0.15) is 0 Å². The molecule has 0 amide bonds. The van der Waals surface area contributed by atoms with Crippen LogP contribution in [0, 0.1) is 6.92 Å². The number of H-pyrrole nitrogens is 1. The molecule has 0 spiro atoms. The SMILES string of the molecule is CNCc1cc(S(=O)(=O)Nc2cc(C)ccc2Cl)c[nH]1. The summed E-state index contributed by atoms with van der Waals surface area (Å²) < 4.78 is 27.0. The molecule has 0 unspecified atom stereocenters. The first-order chi connectivity index (χ1) is 9.42. The number of aryl methyl sites for hydroxylation is 1. The summed E-state index contributed by atoms with van der Waals surface area (Å²) in [5, 5.41) is 3.31. The van der Waals surface area contributed by atoms with Gasteiger partial charge in [-0.05, 0) is 37.7 Å².